The van der Waals surface area contributed by atoms with E-state index in [2.05, 4.69) is 6.58 Å². The summed E-state index contributed by atoms with van der Waals surface area (Å²) in [7, 11) is 0. The van der Waals surface area contributed by atoms with Gasteiger partial charge in [0.05, 0.1) is 12.2 Å². The highest BCUT2D eigenvalue weighted by Gasteiger charge is 2.56. The molecule has 0 amide bonds. The van der Waals surface area contributed by atoms with Crippen molar-refractivity contribution in [3.8, 4) is 0 Å². The van der Waals surface area contributed by atoms with Gasteiger partial charge in [-0.25, -0.2) is 0 Å². The van der Waals surface area contributed by atoms with Gasteiger partial charge in [0.1, 0.15) is 80.1 Å². The van der Waals surface area contributed by atoms with Crippen molar-refractivity contribution >= 4 is 226 Å². The molecule has 0 aromatic carbocycles. The molecule has 0 spiro atoms. The lowest BCUT2D eigenvalue weighted by Gasteiger charge is -2.50. The van der Waals surface area contributed by atoms with E-state index in [4.69, 9.17) is 97.7 Å². The molecule has 17 atom stereocenters. The minimum atomic E-state index is -2.07. The van der Waals surface area contributed by atoms with Crippen molar-refractivity contribution in [2.45, 2.75) is 184 Å². The molecule has 0 aromatic rings. The Kier molecular flexibility index (Phi) is 51.3. The molecular formula is C59H110N8O10S16. The highest BCUT2D eigenvalue weighted by molar-refractivity contribution is 8.26. The molecule has 0 aromatic heterocycles. The van der Waals surface area contributed by atoms with E-state index in [1.54, 1.807) is 4.90 Å². The van der Waals surface area contributed by atoms with Crippen LogP contribution in [0.15, 0.2) is 12.7 Å². The van der Waals surface area contributed by atoms with Crippen molar-refractivity contribution in [2.24, 2.45) is 23.7 Å². The third-order valence-electron chi connectivity index (χ3n) is 16.0. The quantitative estimate of drug-likeness (QED) is 0.0156. The SMILES string of the molecule is C=CC(C(O)C(C(O)SC(=S)N(CC)CC)C(SC(=S)N(CC)CC)C(O)C(O)SC(=S)N(CC)CC)C(C(SC(=S)N(CC)CC)C(O)C(O)SC(=S)N(CC)CC)C(C(O)C(O)SC(=S)N(CC)CC)C(SC(=S)N(CC)CC)C(O)C(O)SC(=S)N(CC)CC. The maximum atomic E-state index is 14.3. The Balaban J connectivity index is 10.6. The molecule has 34 heteroatoms. The first-order chi connectivity index (χ1) is 43.9. The van der Waals surface area contributed by atoms with Gasteiger partial charge in [-0.3, -0.25) is 0 Å². The normalized spacial score (nSPS) is 17.2. The zero-order valence-corrected chi connectivity index (χ0v) is 70.1. The maximum absolute atomic E-state index is 14.3. The number of thioether (sulfide) groups is 8. The summed E-state index contributed by atoms with van der Waals surface area (Å²) in [6, 6.07) is 0. The Bertz CT molecular complexity index is 2240. The molecule has 0 saturated carbocycles. The Morgan fingerprint density at radius 2 is 0.430 bits per heavy atom. The highest BCUT2D eigenvalue weighted by Crippen LogP contribution is 2.51. The van der Waals surface area contributed by atoms with Crippen LogP contribution in [0.1, 0.15) is 111 Å². The second-order valence-corrected chi connectivity index (χ2v) is 35.0. The van der Waals surface area contributed by atoms with Gasteiger partial charge in [-0.2, -0.15) is 0 Å². The smallest absolute Gasteiger partial charge is 0.138 e. The number of nitrogens with zero attached hydrogens (tertiary/aromatic N) is 8. The molecule has 0 heterocycles. The van der Waals surface area contributed by atoms with Gasteiger partial charge >= 0.3 is 0 Å². The molecular weight excluding hydrogens is 1490 g/mol. The van der Waals surface area contributed by atoms with Crippen LogP contribution in [0.5, 0.6) is 0 Å². The number of rotatable bonds is 41. The van der Waals surface area contributed by atoms with Crippen molar-refractivity contribution < 1.29 is 51.1 Å². The van der Waals surface area contributed by atoms with Gasteiger partial charge < -0.3 is 90.3 Å². The van der Waals surface area contributed by atoms with Crippen LogP contribution in [0.4, 0.5) is 0 Å². The van der Waals surface area contributed by atoms with Gasteiger partial charge in [0.2, 0.25) is 0 Å². The maximum Gasteiger partial charge on any atom is 0.138 e. The number of hydrogen-bond acceptors (Lipinski definition) is 26. The van der Waals surface area contributed by atoms with Gasteiger partial charge in [-0.05, 0) is 117 Å². The van der Waals surface area contributed by atoms with Crippen LogP contribution >= 0.6 is 192 Å². The van der Waals surface area contributed by atoms with Gasteiger partial charge in [-0.15, -0.1) is 6.58 Å². The minimum Gasteiger partial charge on any atom is -0.392 e. The Labute approximate surface area is 635 Å². The van der Waals surface area contributed by atoms with E-state index in [0.717, 1.165) is 94.1 Å². The Hall–Kier alpha value is 1.26. The molecule has 0 aliphatic rings. The van der Waals surface area contributed by atoms with Crippen molar-refractivity contribution in [1.82, 2.24) is 39.2 Å². The summed E-state index contributed by atoms with van der Waals surface area (Å²) in [5, 5.41) is 128. The summed E-state index contributed by atoms with van der Waals surface area (Å²) in [4.78, 5) is 14.6. The third-order valence-corrected chi connectivity index (χ3v) is 29.3. The number of aliphatic hydroxyl groups excluding tert-OH is 10. The fraction of sp³-hybridized carbons (Fsp3) is 0.831. The lowest BCUT2D eigenvalue weighted by molar-refractivity contribution is -0.0727. The predicted octanol–water partition coefficient (Wildman–Crippen LogP) is 9.02. The van der Waals surface area contributed by atoms with Crippen LogP contribution in [-0.4, -0.2) is 303 Å². The van der Waals surface area contributed by atoms with E-state index >= 15 is 0 Å². The van der Waals surface area contributed by atoms with Gasteiger partial charge in [0, 0.05) is 138 Å². The molecule has 93 heavy (non-hydrogen) atoms. The lowest BCUT2D eigenvalue weighted by atomic mass is 9.68. The summed E-state index contributed by atoms with van der Waals surface area (Å²) in [6.07, 6.45) is -8.45. The largest absolute Gasteiger partial charge is 0.392 e. The second kappa shape index (κ2) is 50.6. The molecule has 18 nitrogen and oxygen atoms in total. The fourth-order valence-corrected chi connectivity index (χ4v) is 24.1. The van der Waals surface area contributed by atoms with Crippen LogP contribution in [-0.2, 0) is 0 Å². The number of hydrogen-bond donors (Lipinski definition) is 10. The molecule has 542 valence electrons. The molecule has 0 aliphatic carbocycles. The van der Waals surface area contributed by atoms with Crippen molar-refractivity contribution in [1.29, 1.82) is 0 Å². The number of aliphatic hydroxyl groups is 10. The predicted molar refractivity (Wildman–Crippen MR) is 440 cm³/mol. The van der Waals surface area contributed by atoms with Crippen molar-refractivity contribution in [2.75, 3.05) is 105 Å². The Morgan fingerprint density at radius 3 is 0.634 bits per heavy atom. The van der Waals surface area contributed by atoms with E-state index in [1.165, 1.54) is 6.08 Å². The molecule has 0 rings (SSSR count). The van der Waals surface area contributed by atoms with Crippen LogP contribution in [0.2, 0.25) is 0 Å². The monoisotopic (exact) mass is 1600 g/mol. The summed E-state index contributed by atoms with van der Waals surface area (Å²) < 4.78 is 1.84. The van der Waals surface area contributed by atoms with Gasteiger partial charge in [0.25, 0.3) is 0 Å². The molecule has 0 saturated heterocycles. The van der Waals surface area contributed by atoms with E-state index in [0.29, 0.717) is 105 Å². The molecule has 0 bridgehead atoms. The fourth-order valence-electron chi connectivity index (χ4n) is 10.1. The summed E-state index contributed by atoms with van der Waals surface area (Å²) in [5.41, 5.74) is -8.90. The van der Waals surface area contributed by atoms with E-state index in [9.17, 15) is 51.1 Å². The highest BCUT2D eigenvalue weighted by atomic mass is 32.2. The third kappa shape index (κ3) is 29.1. The first-order valence-electron chi connectivity index (χ1n) is 32.0. The summed E-state index contributed by atoms with van der Waals surface area (Å²) in [6.45, 7) is 41.6. The van der Waals surface area contributed by atoms with Crippen LogP contribution in [0.3, 0.4) is 0 Å². The van der Waals surface area contributed by atoms with Crippen molar-refractivity contribution in [3.05, 3.63) is 12.7 Å². The standard InChI is InChI=1S/C59H110N8O10S16/c1-18-35(39(68)38(47(73)89-55(81)63(25-8)26-9)46(88-54(80)62(23-6)24-7)43(72)51(77)93-59(85)67(33-16)34-17)36(44(86-52(78)60(19-2)20-3)41(70)49(75)91-57(83)65(29-12)30-13)37(40(69)48(74)90-56(82)64(27-10)28-11)45(87-53(79)61(21-4)22-5)42(71)50(76)92-58(84)66(31-14)32-15/h18,35-51,68-77H,1,19-34H2,2-17H3. The Morgan fingerprint density at radius 1 is 0.258 bits per heavy atom. The summed E-state index contributed by atoms with van der Waals surface area (Å²) >= 11 is 55.3. The molecule has 0 fully saturated rings. The van der Waals surface area contributed by atoms with Gasteiger partial charge in [-0.1, -0.05) is 198 Å². The average molecular weight is 1600 g/mol. The van der Waals surface area contributed by atoms with Crippen molar-refractivity contribution in [3.63, 3.8) is 0 Å². The summed E-state index contributed by atoms with van der Waals surface area (Å²) in [5.74, 6) is -6.58. The van der Waals surface area contributed by atoms with E-state index < -0.39 is 97.1 Å². The first-order valence-corrected chi connectivity index (χ1v) is 42.3. The zero-order chi connectivity index (χ0) is 71.7. The number of thiocarbonyl (C=S) groups is 8. The zero-order valence-electron chi connectivity index (χ0n) is 57.0. The molecule has 17 unspecified atom stereocenters. The minimum absolute atomic E-state index is 0.204. The van der Waals surface area contributed by atoms with Crippen LogP contribution < -0.4 is 0 Å². The van der Waals surface area contributed by atoms with Gasteiger partial charge in [0.15, 0.2) is 0 Å². The molecule has 0 radical (unpaired) electrons. The first kappa shape index (κ1) is 94.3. The van der Waals surface area contributed by atoms with Crippen LogP contribution in [0, 0.1) is 23.7 Å². The lowest BCUT2D eigenvalue weighted by Crippen LogP contribution is -2.59. The van der Waals surface area contributed by atoms with Crippen LogP contribution in [0.25, 0.3) is 0 Å². The second-order valence-electron chi connectivity index (χ2n) is 20.8. The average Bonchev–Trinajstić information content (AvgIpc) is 0.764. The topological polar surface area (TPSA) is 228 Å². The van der Waals surface area contributed by atoms with E-state index in [1.807, 2.05) is 145 Å². The molecule has 10 N–H and O–H groups in total. The van der Waals surface area contributed by atoms with E-state index in [-0.39, 0.29) is 34.6 Å². The molecule has 0 aliphatic heterocycles.